The van der Waals surface area contributed by atoms with Crippen molar-refractivity contribution < 1.29 is 37.9 Å². The average Bonchev–Trinajstić information content (AvgIpc) is 3.43. The maximum absolute atomic E-state index is 6.38. The van der Waals surface area contributed by atoms with Crippen molar-refractivity contribution in [2.45, 2.75) is 105 Å². The summed E-state index contributed by atoms with van der Waals surface area (Å²) in [6, 6.07) is 41.2. The Labute approximate surface area is 478 Å². The van der Waals surface area contributed by atoms with Crippen molar-refractivity contribution in [3.8, 4) is 70.4 Å². The van der Waals surface area contributed by atoms with E-state index in [1.165, 1.54) is 22.3 Å². The van der Waals surface area contributed by atoms with Crippen LogP contribution >= 0.6 is 0 Å². The van der Waals surface area contributed by atoms with Crippen LogP contribution in [0.15, 0.2) is 121 Å². The standard InChI is InChI=1S/C72H80O8/c1-69(2,3)61-29-17-53(18-30-61)13-25-57-49-65-66(50-58(57)26-14-54-19-31-62(32-20-54)70(4,5)6)78-46-42-74-39-40-76-44-48-80-68-52-60(28-16-56-23-35-64(36-24-56)72(10,11)12)59(27-15-55-21-33-63(34-22-55)71(7,8)9)51-67(68)79-47-43-75-38-37-73-41-45-77-65/h17-24,29-36,49-52H,37-48H2,1-12H3. The van der Waals surface area contributed by atoms with Crippen molar-refractivity contribution in [1.29, 1.82) is 0 Å². The van der Waals surface area contributed by atoms with E-state index in [9.17, 15) is 0 Å². The first-order valence-electron chi connectivity index (χ1n) is 27.9. The lowest BCUT2D eigenvalue weighted by atomic mass is 9.87. The normalized spacial score (nSPS) is 14.4. The molecule has 7 rings (SSSR count). The zero-order valence-corrected chi connectivity index (χ0v) is 49.3. The molecule has 80 heavy (non-hydrogen) atoms. The van der Waals surface area contributed by atoms with E-state index in [0.29, 0.717) is 98.1 Å². The van der Waals surface area contributed by atoms with E-state index in [4.69, 9.17) is 37.9 Å². The molecular weight excluding hydrogens is 993 g/mol. The molecule has 0 aliphatic carbocycles. The van der Waals surface area contributed by atoms with E-state index in [0.717, 1.165) is 22.3 Å². The minimum atomic E-state index is 0.0356. The van der Waals surface area contributed by atoms with Crippen LogP contribution in [-0.4, -0.2) is 79.3 Å². The molecule has 1 aliphatic rings. The Balaban J connectivity index is 1.08. The highest BCUT2D eigenvalue weighted by Crippen LogP contribution is 2.34. The molecule has 1 heterocycles. The van der Waals surface area contributed by atoms with Crippen molar-refractivity contribution in [1.82, 2.24) is 0 Å². The Morgan fingerprint density at radius 2 is 0.412 bits per heavy atom. The first-order valence-corrected chi connectivity index (χ1v) is 27.9. The summed E-state index contributed by atoms with van der Waals surface area (Å²) in [6.07, 6.45) is 0. The van der Waals surface area contributed by atoms with Gasteiger partial charge in [0.05, 0.1) is 52.9 Å². The Bertz CT molecular complexity index is 2800. The number of ether oxygens (including phenoxy) is 8. The number of fused-ring (bicyclic) bond motifs is 2. The smallest absolute Gasteiger partial charge is 0.162 e. The fraction of sp³-hybridized carbons (Fsp3) is 0.389. The number of hydrogen-bond acceptors (Lipinski definition) is 8. The predicted octanol–water partition coefficient (Wildman–Crippen LogP) is 13.8. The van der Waals surface area contributed by atoms with Crippen LogP contribution in [0.3, 0.4) is 0 Å². The molecule has 0 unspecified atom stereocenters. The Hall–Kier alpha value is -7.40. The second-order valence-electron chi connectivity index (χ2n) is 23.8. The Morgan fingerprint density at radius 3 is 0.588 bits per heavy atom. The molecule has 0 fully saturated rings. The number of hydrogen-bond donors (Lipinski definition) is 0. The van der Waals surface area contributed by atoms with Crippen molar-refractivity contribution in [2.75, 3.05) is 79.3 Å². The minimum Gasteiger partial charge on any atom is -0.487 e. The van der Waals surface area contributed by atoms with Crippen LogP contribution in [0.25, 0.3) is 0 Å². The highest BCUT2D eigenvalue weighted by atomic mass is 16.6. The molecule has 0 amide bonds. The van der Waals surface area contributed by atoms with Gasteiger partial charge >= 0.3 is 0 Å². The molecule has 0 saturated heterocycles. The lowest BCUT2D eigenvalue weighted by Gasteiger charge is -2.18. The van der Waals surface area contributed by atoms with Gasteiger partial charge in [-0.05, 0) is 92.4 Å². The average molecular weight is 1070 g/mol. The van der Waals surface area contributed by atoms with Crippen LogP contribution in [-0.2, 0) is 40.6 Å². The minimum absolute atomic E-state index is 0.0356. The maximum Gasteiger partial charge on any atom is 0.162 e. The van der Waals surface area contributed by atoms with Crippen LogP contribution in [0.2, 0.25) is 0 Å². The number of rotatable bonds is 0. The molecule has 416 valence electrons. The zero-order valence-electron chi connectivity index (χ0n) is 49.3. The summed E-state index contributed by atoms with van der Waals surface area (Å²) < 4.78 is 49.4. The van der Waals surface area contributed by atoms with Crippen LogP contribution in [0.4, 0.5) is 0 Å². The summed E-state index contributed by atoms with van der Waals surface area (Å²) in [7, 11) is 0. The van der Waals surface area contributed by atoms with Gasteiger partial charge in [0.2, 0.25) is 0 Å². The lowest BCUT2D eigenvalue weighted by Crippen LogP contribution is -2.16. The van der Waals surface area contributed by atoms with Crippen LogP contribution < -0.4 is 18.9 Å². The summed E-state index contributed by atoms with van der Waals surface area (Å²) >= 11 is 0. The van der Waals surface area contributed by atoms with E-state index < -0.39 is 0 Å². The SMILES string of the molecule is CC(C)(C)c1ccc(C#Cc2cc3c(cc2C#Cc2ccc(C(C)(C)C)cc2)OCCOCCOCCOc2cc(C#Cc4ccc(C(C)(C)C)cc4)c(C#Cc4ccc(C(C)(C)C)cc4)cc2OCCOCCOCCO3)cc1. The van der Waals surface area contributed by atoms with E-state index >= 15 is 0 Å². The molecule has 6 aromatic carbocycles. The quantitative estimate of drug-likeness (QED) is 0.139. The van der Waals surface area contributed by atoms with E-state index in [1.54, 1.807) is 0 Å². The molecule has 0 aromatic heterocycles. The summed E-state index contributed by atoms with van der Waals surface area (Å²) in [5, 5.41) is 0. The highest BCUT2D eigenvalue weighted by molar-refractivity contribution is 5.63. The topological polar surface area (TPSA) is 73.8 Å². The molecule has 0 spiro atoms. The van der Waals surface area contributed by atoms with Crippen LogP contribution in [0.5, 0.6) is 23.0 Å². The largest absolute Gasteiger partial charge is 0.487 e. The summed E-state index contributed by atoms with van der Waals surface area (Å²) in [6.45, 7) is 30.2. The molecule has 1 aliphatic heterocycles. The van der Waals surface area contributed by atoms with Gasteiger partial charge in [0.1, 0.15) is 26.4 Å². The molecule has 0 N–H and O–H groups in total. The van der Waals surface area contributed by atoms with Crippen molar-refractivity contribution in [2.24, 2.45) is 0 Å². The lowest BCUT2D eigenvalue weighted by molar-refractivity contribution is 0.0223. The van der Waals surface area contributed by atoms with Gasteiger partial charge in [-0.1, -0.05) is 179 Å². The van der Waals surface area contributed by atoms with Gasteiger partial charge in [-0.25, -0.2) is 0 Å². The van der Waals surface area contributed by atoms with Gasteiger partial charge in [-0.15, -0.1) is 0 Å². The fourth-order valence-electron chi connectivity index (χ4n) is 8.24. The first-order chi connectivity index (χ1) is 38.2. The molecule has 0 radical (unpaired) electrons. The van der Waals surface area contributed by atoms with E-state index in [-0.39, 0.29) is 48.1 Å². The molecule has 8 nitrogen and oxygen atoms in total. The van der Waals surface area contributed by atoms with Gasteiger partial charge in [-0.3, -0.25) is 0 Å². The van der Waals surface area contributed by atoms with Gasteiger partial charge in [0.15, 0.2) is 23.0 Å². The summed E-state index contributed by atoms with van der Waals surface area (Å²) in [5.74, 6) is 29.2. The van der Waals surface area contributed by atoms with Crippen molar-refractivity contribution in [3.05, 3.63) is 188 Å². The molecular formula is C72H80O8. The monoisotopic (exact) mass is 1070 g/mol. The maximum atomic E-state index is 6.38. The number of benzene rings is 6. The van der Waals surface area contributed by atoms with Crippen LogP contribution in [0, 0.1) is 47.4 Å². The Morgan fingerprint density at radius 1 is 0.237 bits per heavy atom. The van der Waals surface area contributed by atoms with Crippen molar-refractivity contribution >= 4 is 0 Å². The summed E-state index contributed by atoms with van der Waals surface area (Å²) in [5.41, 5.74) is 11.6. The second kappa shape index (κ2) is 28.1. The van der Waals surface area contributed by atoms with Gasteiger partial charge in [0.25, 0.3) is 0 Å². The third kappa shape index (κ3) is 18.9. The molecule has 8 heteroatoms. The predicted molar refractivity (Wildman–Crippen MR) is 323 cm³/mol. The molecule has 0 saturated carbocycles. The highest BCUT2D eigenvalue weighted by Gasteiger charge is 2.18. The van der Waals surface area contributed by atoms with Crippen LogP contribution in [0.1, 0.15) is 150 Å². The van der Waals surface area contributed by atoms with Gasteiger partial charge in [0, 0.05) is 68.8 Å². The Kier molecular flexibility index (Phi) is 21.2. The first kappa shape index (κ1) is 60.2. The second-order valence-corrected chi connectivity index (χ2v) is 23.8. The zero-order chi connectivity index (χ0) is 57.2. The molecule has 0 atom stereocenters. The summed E-state index contributed by atoms with van der Waals surface area (Å²) in [4.78, 5) is 0. The van der Waals surface area contributed by atoms with Crippen molar-refractivity contribution in [3.63, 3.8) is 0 Å². The third-order valence-corrected chi connectivity index (χ3v) is 13.2. The van der Waals surface area contributed by atoms with E-state index in [2.05, 4.69) is 228 Å². The fourth-order valence-corrected chi connectivity index (χ4v) is 8.24. The van der Waals surface area contributed by atoms with Gasteiger partial charge in [-0.2, -0.15) is 0 Å². The molecule has 6 aromatic rings. The molecule has 0 bridgehead atoms. The van der Waals surface area contributed by atoms with E-state index in [1.807, 2.05) is 24.3 Å². The third-order valence-electron chi connectivity index (χ3n) is 13.2. The van der Waals surface area contributed by atoms with Gasteiger partial charge < -0.3 is 37.9 Å².